The van der Waals surface area contributed by atoms with E-state index < -0.39 is 0 Å². The Kier molecular flexibility index (Phi) is 3.79. The first-order valence-corrected chi connectivity index (χ1v) is 9.19. The van der Waals surface area contributed by atoms with E-state index in [9.17, 15) is 0 Å². The molecule has 0 fully saturated rings. The van der Waals surface area contributed by atoms with Crippen LogP contribution in [0.15, 0.2) is 73.8 Å². The van der Waals surface area contributed by atoms with Crippen LogP contribution in [0.1, 0.15) is 17.0 Å². The van der Waals surface area contributed by atoms with Crippen LogP contribution in [0.2, 0.25) is 0 Å². The maximum absolute atomic E-state index is 4.95. The van der Waals surface area contributed by atoms with Gasteiger partial charge in [0.15, 0.2) is 0 Å². The van der Waals surface area contributed by atoms with E-state index in [1.54, 1.807) is 12.4 Å². The molecule has 1 aromatic carbocycles. The van der Waals surface area contributed by atoms with Gasteiger partial charge in [0.1, 0.15) is 11.3 Å². The Labute approximate surface area is 162 Å². The van der Waals surface area contributed by atoms with Crippen molar-refractivity contribution < 1.29 is 0 Å². The van der Waals surface area contributed by atoms with E-state index >= 15 is 0 Å². The molecule has 5 aromatic rings. The number of hydrogen-bond acceptors (Lipinski definition) is 3. The zero-order valence-corrected chi connectivity index (χ0v) is 15.6. The molecule has 0 saturated carbocycles. The van der Waals surface area contributed by atoms with Crippen molar-refractivity contribution >= 4 is 22.6 Å². The van der Waals surface area contributed by atoms with Gasteiger partial charge in [0, 0.05) is 35.2 Å². The summed E-state index contributed by atoms with van der Waals surface area (Å²) in [7, 11) is 0. The lowest BCUT2D eigenvalue weighted by Gasteiger charge is -2.09. The fourth-order valence-electron chi connectivity index (χ4n) is 3.70. The lowest BCUT2D eigenvalue weighted by Crippen LogP contribution is -2.04. The molecule has 5 rings (SSSR count). The molecule has 0 unspecified atom stereocenters. The van der Waals surface area contributed by atoms with Crippen molar-refractivity contribution in [3.05, 3.63) is 90.8 Å². The lowest BCUT2D eigenvalue weighted by atomic mass is 10.2. The Morgan fingerprint density at radius 2 is 2.00 bits per heavy atom. The predicted octanol–water partition coefficient (Wildman–Crippen LogP) is 4.75. The van der Waals surface area contributed by atoms with Gasteiger partial charge < -0.3 is 8.97 Å². The third-order valence-corrected chi connectivity index (χ3v) is 5.11. The highest BCUT2D eigenvalue weighted by atomic mass is 15.1. The van der Waals surface area contributed by atoms with E-state index in [0.717, 1.165) is 39.5 Å². The monoisotopic (exact) mass is 365 g/mol. The quantitative estimate of drug-likeness (QED) is 0.462. The fraction of sp³-hybridized carbons (Fsp3) is 0.0870. The van der Waals surface area contributed by atoms with Crippen LogP contribution in [0.5, 0.6) is 0 Å². The largest absolute Gasteiger partial charge is 0.333 e. The van der Waals surface area contributed by atoms with Crippen LogP contribution in [-0.4, -0.2) is 23.9 Å². The summed E-state index contributed by atoms with van der Waals surface area (Å²) in [6.45, 7) is 6.61. The minimum Gasteiger partial charge on any atom is -0.333 e. The lowest BCUT2D eigenvalue weighted by molar-refractivity contribution is 0.804. The van der Waals surface area contributed by atoms with Crippen molar-refractivity contribution in [1.29, 1.82) is 0 Å². The zero-order chi connectivity index (χ0) is 19.1. The smallest absolute Gasteiger partial charge is 0.138 e. The van der Waals surface area contributed by atoms with Crippen LogP contribution in [0.3, 0.4) is 0 Å². The molecule has 0 aliphatic heterocycles. The molecular formula is C23H19N5. The summed E-state index contributed by atoms with van der Waals surface area (Å²) in [5.41, 5.74) is 7.21. The van der Waals surface area contributed by atoms with Gasteiger partial charge >= 0.3 is 0 Å². The molecule has 28 heavy (non-hydrogen) atoms. The van der Waals surface area contributed by atoms with Crippen LogP contribution in [0.4, 0.5) is 0 Å². The van der Waals surface area contributed by atoms with Gasteiger partial charge in [-0.15, -0.1) is 0 Å². The number of benzene rings is 1. The second kappa shape index (κ2) is 6.46. The molecule has 0 amide bonds. The highest BCUT2D eigenvalue weighted by Gasteiger charge is 2.17. The van der Waals surface area contributed by atoms with E-state index in [2.05, 4.69) is 68.8 Å². The van der Waals surface area contributed by atoms with Crippen molar-refractivity contribution in [1.82, 2.24) is 23.9 Å². The zero-order valence-electron chi connectivity index (χ0n) is 15.6. The molecule has 0 atom stereocenters. The van der Waals surface area contributed by atoms with Gasteiger partial charge in [-0.1, -0.05) is 30.9 Å². The van der Waals surface area contributed by atoms with Crippen molar-refractivity contribution in [2.45, 2.75) is 13.5 Å². The highest BCUT2D eigenvalue weighted by molar-refractivity contribution is 5.87. The van der Waals surface area contributed by atoms with Crippen LogP contribution in [0, 0.1) is 6.92 Å². The number of fused-ring (bicyclic) bond motifs is 2. The fourth-order valence-corrected chi connectivity index (χ4v) is 3.70. The van der Waals surface area contributed by atoms with E-state index in [1.807, 2.05) is 24.5 Å². The first-order valence-electron chi connectivity index (χ1n) is 9.19. The highest BCUT2D eigenvalue weighted by Crippen LogP contribution is 2.31. The molecule has 5 heteroatoms. The number of imidazole rings is 1. The maximum Gasteiger partial charge on any atom is 0.138 e. The number of nitrogens with zero attached hydrogens (tertiary/aromatic N) is 5. The van der Waals surface area contributed by atoms with E-state index in [-0.39, 0.29) is 0 Å². The van der Waals surface area contributed by atoms with Crippen LogP contribution < -0.4 is 0 Å². The Bertz CT molecular complexity index is 1310. The third-order valence-electron chi connectivity index (χ3n) is 5.11. The second-order valence-corrected chi connectivity index (χ2v) is 6.81. The van der Waals surface area contributed by atoms with Crippen molar-refractivity contribution in [2.24, 2.45) is 0 Å². The molecule has 136 valence electrons. The van der Waals surface area contributed by atoms with Gasteiger partial charge in [-0.05, 0) is 36.8 Å². The number of aryl methyl sites for hydroxylation is 1. The molecular weight excluding hydrogens is 346 g/mol. The third kappa shape index (κ3) is 2.60. The Hall–Kier alpha value is -3.73. The number of hydrogen-bond donors (Lipinski definition) is 0. The summed E-state index contributed by atoms with van der Waals surface area (Å²) in [4.78, 5) is 13.6. The Balaban J connectivity index is 1.75. The van der Waals surface area contributed by atoms with Crippen LogP contribution in [-0.2, 0) is 6.54 Å². The number of aromatic nitrogens is 5. The number of para-hydroxylation sites is 1. The summed E-state index contributed by atoms with van der Waals surface area (Å²) in [6.07, 6.45) is 9.13. The van der Waals surface area contributed by atoms with Crippen molar-refractivity contribution in [3.63, 3.8) is 0 Å². The van der Waals surface area contributed by atoms with Gasteiger partial charge in [0.05, 0.1) is 24.1 Å². The first kappa shape index (κ1) is 16.4. The SMILES string of the molecule is C=Cc1ccn2c(C)c(-c3cc4ccccc4n3Cc3cnccn3)nc2c1. The molecule has 0 spiro atoms. The molecule has 0 aliphatic rings. The standard InChI is InChI=1S/C23H19N5/c1-3-17-8-11-27-16(2)23(26-22(27)12-17)21-13-18-6-4-5-7-20(18)28(21)15-19-14-24-9-10-25-19/h3-14H,1,15H2,2H3. The molecule has 0 bridgehead atoms. The minimum absolute atomic E-state index is 0.641. The van der Waals surface area contributed by atoms with Gasteiger partial charge in [-0.3, -0.25) is 9.97 Å². The van der Waals surface area contributed by atoms with E-state index in [4.69, 9.17) is 4.98 Å². The van der Waals surface area contributed by atoms with Gasteiger partial charge in [0.2, 0.25) is 0 Å². The summed E-state index contributed by atoms with van der Waals surface area (Å²) >= 11 is 0. The molecule has 4 heterocycles. The molecule has 0 N–H and O–H groups in total. The summed E-state index contributed by atoms with van der Waals surface area (Å²) in [5.74, 6) is 0. The summed E-state index contributed by atoms with van der Waals surface area (Å²) < 4.78 is 4.38. The first-order chi connectivity index (χ1) is 13.7. The molecule has 5 nitrogen and oxygen atoms in total. The van der Waals surface area contributed by atoms with Crippen molar-refractivity contribution in [2.75, 3.05) is 0 Å². The second-order valence-electron chi connectivity index (χ2n) is 6.81. The van der Waals surface area contributed by atoms with E-state index in [1.165, 1.54) is 5.39 Å². The number of pyridine rings is 1. The normalized spacial score (nSPS) is 11.3. The molecule has 0 radical (unpaired) electrons. The summed E-state index contributed by atoms with van der Waals surface area (Å²) in [5, 5.41) is 1.18. The molecule has 4 aromatic heterocycles. The minimum atomic E-state index is 0.641. The topological polar surface area (TPSA) is 48.0 Å². The summed E-state index contributed by atoms with van der Waals surface area (Å²) in [6, 6.07) is 14.7. The Morgan fingerprint density at radius 3 is 2.82 bits per heavy atom. The van der Waals surface area contributed by atoms with Crippen LogP contribution in [0.25, 0.3) is 34.0 Å². The maximum atomic E-state index is 4.95. The van der Waals surface area contributed by atoms with Crippen LogP contribution >= 0.6 is 0 Å². The van der Waals surface area contributed by atoms with Crippen molar-refractivity contribution in [3.8, 4) is 11.4 Å². The molecule has 0 saturated heterocycles. The average Bonchev–Trinajstić information content (AvgIpc) is 3.26. The molecule has 0 aliphatic carbocycles. The van der Waals surface area contributed by atoms with Gasteiger partial charge in [0.25, 0.3) is 0 Å². The van der Waals surface area contributed by atoms with Gasteiger partial charge in [-0.2, -0.15) is 0 Å². The Morgan fingerprint density at radius 1 is 1.11 bits per heavy atom. The average molecular weight is 365 g/mol. The van der Waals surface area contributed by atoms with E-state index in [0.29, 0.717) is 6.54 Å². The van der Waals surface area contributed by atoms with Gasteiger partial charge in [-0.25, -0.2) is 4.98 Å². The predicted molar refractivity (Wildman–Crippen MR) is 112 cm³/mol. The number of rotatable bonds is 4.